The van der Waals surface area contributed by atoms with E-state index in [0.717, 1.165) is 27.9 Å². The highest BCUT2D eigenvalue weighted by atomic mass is 32.1. The van der Waals surface area contributed by atoms with E-state index in [1.54, 1.807) is 11.3 Å². The van der Waals surface area contributed by atoms with Crippen molar-refractivity contribution < 1.29 is 4.79 Å². The number of carbonyl (C=O) groups excluding carboxylic acids is 1. The van der Waals surface area contributed by atoms with Crippen LogP contribution in [-0.4, -0.2) is 10.9 Å². The number of rotatable bonds is 2. The Morgan fingerprint density at radius 3 is 2.70 bits per heavy atom. The van der Waals surface area contributed by atoms with Crippen LogP contribution in [0.25, 0.3) is 21.3 Å². The van der Waals surface area contributed by atoms with E-state index in [1.165, 1.54) is 4.70 Å². The molecule has 2 aromatic carbocycles. The molecule has 0 saturated heterocycles. The molecule has 0 spiro atoms. The number of thiazole rings is 1. The van der Waals surface area contributed by atoms with E-state index in [4.69, 9.17) is 0 Å². The summed E-state index contributed by atoms with van der Waals surface area (Å²) >= 11 is 1.64. The van der Waals surface area contributed by atoms with Crippen LogP contribution in [-0.2, 0) is 4.79 Å². The van der Waals surface area contributed by atoms with Crippen LogP contribution in [0.3, 0.4) is 0 Å². The van der Waals surface area contributed by atoms with E-state index in [0.29, 0.717) is 0 Å². The Balaban J connectivity index is 2.00. The molecule has 3 rings (SSSR count). The number of hydrogen-bond donors (Lipinski definition) is 1. The highest BCUT2D eigenvalue weighted by Gasteiger charge is 2.22. The quantitative estimate of drug-likeness (QED) is 0.699. The number of fused-ring (bicyclic) bond motifs is 1. The minimum Gasteiger partial charge on any atom is -0.325 e. The molecular formula is C19H20N2OS. The molecule has 0 radical (unpaired) electrons. The summed E-state index contributed by atoms with van der Waals surface area (Å²) in [4.78, 5) is 16.6. The number of aromatic nitrogens is 1. The third-order valence-electron chi connectivity index (χ3n) is 3.90. The SMILES string of the molecule is Cc1c(NC(=O)C(C)(C)C)cccc1-c1ccc2scnc2c1. The van der Waals surface area contributed by atoms with Crippen molar-refractivity contribution in [2.45, 2.75) is 27.7 Å². The fourth-order valence-electron chi connectivity index (χ4n) is 2.42. The monoisotopic (exact) mass is 324 g/mol. The Hall–Kier alpha value is -2.20. The molecule has 3 aromatic rings. The van der Waals surface area contributed by atoms with Gasteiger partial charge in [-0.05, 0) is 41.8 Å². The lowest BCUT2D eigenvalue weighted by Crippen LogP contribution is -2.27. The lowest BCUT2D eigenvalue weighted by Gasteiger charge is -2.20. The van der Waals surface area contributed by atoms with Gasteiger partial charge in [0.1, 0.15) is 0 Å². The van der Waals surface area contributed by atoms with Crippen molar-refractivity contribution in [3.8, 4) is 11.1 Å². The second-order valence-electron chi connectivity index (χ2n) is 6.72. The van der Waals surface area contributed by atoms with Gasteiger partial charge in [0.15, 0.2) is 0 Å². The Morgan fingerprint density at radius 2 is 1.96 bits per heavy atom. The first-order chi connectivity index (χ1) is 10.9. The van der Waals surface area contributed by atoms with Crippen molar-refractivity contribution in [2.24, 2.45) is 5.41 Å². The highest BCUT2D eigenvalue weighted by Crippen LogP contribution is 2.32. The third-order valence-corrected chi connectivity index (χ3v) is 4.71. The summed E-state index contributed by atoms with van der Waals surface area (Å²) < 4.78 is 1.18. The van der Waals surface area contributed by atoms with Gasteiger partial charge in [0, 0.05) is 11.1 Å². The van der Waals surface area contributed by atoms with Crippen molar-refractivity contribution in [2.75, 3.05) is 5.32 Å². The van der Waals surface area contributed by atoms with Crippen molar-refractivity contribution >= 4 is 33.1 Å². The molecule has 0 aliphatic carbocycles. The van der Waals surface area contributed by atoms with Crippen LogP contribution < -0.4 is 5.32 Å². The zero-order valence-electron chi connectivity index (χ0n) is 13.8. The van der Waals surface area contributed by atoms with Crippen molar-refractivity contribution in [1.82, 2.24) is 4.98 Å². The summed E-state index contributed by atoms with van der Waals surface area (Å²) in [6, 6.07) is 12.3. The molecule has 0 aliphatic heterocycles. The van der Waals surface area contributed by atoms with E-state index < -0.39 is 5.41 Å². The maximum Gasteiger partial charge on any atom is 0.229 e. The number of benzene rings is 2. The van der Waals surface area contributed by atoms with E-state index in [-0.39, 0.29) is 5.91 Å². The maximum absolute atomic E-state index is 12.3. The van der Waals surface area contributed by atoms with Gasteiger partial charge in [-0.2, -0.15) is 0 Å². The van der Waals surface area contributed by atoms with Gasteiger partial charge < -0.3 is 5.32 Å². The van der Waals surface area contributed by atoms with Gasteiger partial charge in [0.05, 0.1) is 15.7 Å². The summed E-state index contributed by atoms with van der Waals surface area (Å²) in [6.07, 6.45) is 0. The van der Waals surface area contributed by atoms with Crippen LogP contribution in [0.2, 0.25) is 0 Å². The number of nitrogens with zero attached hydrogens (tertiary/aromatic N) is 1. The Morgan fingerprint density at radius 1 is 1.17 bits per heavy atom. The molecule has 23 heavy (non-hydrogen) atoms. The average molecular weight is 324 g/mol. The minimum absolute atomic E-state index is 0.0210. The van der Waals surface area contributed by atoms with Crippen molar-refractivity contribution in [3.63, 3.8) is 0 Å². The lowest BCUT2D eigenvalue weighted by molar-refractivity contribution is -0.123. The minimum atomic E-state index is -0.415. The normalized spacial score (nSPS) is 11.7. The predicted molar refractivity (Wildman–Crippen MR) is 97.9 cm³/mol. The van der Waals surface area contributed by atoms with Gasteiger partial charge in [-0.25, -0.2) is 4.98 Å². The van der Waals surface area contributed by atoms with Crippen LogP contribution in [0.5, 0.6) is 0 Å². The molecular weight excluding hydrogens is 304 g/mol. The van der Waals surface area contributed by atoms with Gasteiger partial charge in [-0.1, -0.05) is 39.0 Å². The number of carbonyl (C=O) groups is 1. The highest BCUT2D eigenvalue weighted by molar-refractivity contribution is 7.16. The number of hydrogen-bond acceptors (Lipinski definition) is 3. The zero-order chi connectivity index (χ0) is 16.6. The van der Waals surface area contributed by atoms with Gasteiger partial charge >= 0.3 is 0 Å². The summed E-state index contributed by atoms with van der Waals surface area (Å²) in [6.45, 7) is 7.78. The molecule has 4 heteroatoms. The zero-order valence-corrected chi connectivity index (χ0v) is 14.6. The Bertz CT molecular complexity index is 874. The Kier molecular flexibility index (Phi) is 3.94. The fourth-order valence-corrected chi connectivity index (χ4v) is 3.08. The number of anilines is 1. The Labute approximate surface area is 140 Å². The molecule has 0 unspecified atom stereocenters. The molecule has 0 fully saturated rings. The molecule has 0 aliphatic rings. The van der Waals surface area contributed by atoms with Gasteiger partial charge in [0.25, 0.3) is 0 Å². The number of nitrogens with one attached hydrogen (secondary N) is 1. The summed E-state index contributed by atoms with van der Waals surface area (Å²) in [5.74, 6) is 0.0210. The van der Waals surface area contributed by atoms with Gasteiger partial charge in [0.2, 0.25) is 5.91 Å². The summed E-state index contributed by atoms with van der Waals surface area (Å²) in [5, 5.41) is 3.04. The largest absolute Gasteiger partial charge is 0.325 e. The predicted octanol–water partition coefficient (Wildman–Crippen LogP) is 5.26. The average Bonchev–Trinajstić information content (AvgIpc) is 2.95. The van der Waals surface area contributed by atoms with Crippen LogP contribution in [0.15, 0.2) is 41.9 Å². The smallest absolute Gasteiger partial charge is 0.229 e. The molecule has 1 amide bonds. The van der Waals surface area contributed by atoms with Crippen LogP contribution in [0.1, 0.15) is 26.3 Å². The molecule has 1 heterocycles. The van der Waals surface area contributed by atoms with E-state index in [2.05, 4.69) is 34.6 Å². The fraction of sp³-hybridized carbons (Fsp3) is 0.263. The first-order valence-electron chi connectivity index (χ1n) is 7.61. The van der Waals surface area contributed by atoms with Crippen LogP contribution in [0.4, 0.5) is 5.69 Å². The van der Waals surface area contributed by atoms with Gasteiger partial charge in [-0.3, -0.25) is 4.79 Å². The third kappa shape index (κ3) is 3.13. The molecule has 0 saturated carbocycles. The molecule has 0 bridgehead atoms. The first-order valence-corrected chi connectivity index (χ1v) is 8.49. The molecule has 1 N–H and O–H groups in total. The van der Waals surface area contributed by atoms with Crippen LogP contribution >= 0.6 is 11.3 Å². The maximum atomic E-state index is 12.3. The molecule has 118 valence electrons. The second kappa shape index (κ2) is 5.78. The summed E-state index contributed by atoms with van der Waals surface area (Å²) in [5.41, 5.74) is 6.62. The van der Waals surface area contributed by atoms with Gasteiger partial charge in [-0.15, -0.1) is 11.3 Å². The van der Waals surface area contributed by atoms with Crippen molar-refractivity contribution in [1.29, 1.82) is 0 Å². The first kappa shape index (κ1) is 15.7. The van der Waals surface area contributed by atoms with E-state index in [1.807, 2.05) is 45.3 Å². The topological polar surface area (TPSA) is 42.0 Å². The van der Waals surface area contributed by atoms with Crippen molar-refractivity contribution in [3.05, 3.63) is 47.5 Å². The molecule has 0 atom stereocenters. The van der Waals surface area contributed by atoms with Crippen LogP contribution in [0, 0.1) is 12.3 Å². The van der Waals surface area contributed by atoms with E-state index >= 15 is 0 Å². The lowest BCUT2D eigenvalue weighted by atomic mass is 9.94. The second-order valence-corrected chi connectivity index (χ2v) is 7.60. The van der Waals surface area contributed by atoms with E-state index in [9.17, 15) is 4.79 Å². The standard InChI is InChI=1S/C19H20N2OS/c1-12-14(13-8-9-17-16(10-13)20-11-23-17)6-5-7-15(12)21-18(22)19(2,3)4/h5-11H,1-4H3,(H,21,22). The molecule has 3 nitrogen and oxygen atoms in total. The molecule has 1 aromatic heterocycles. The summed E-state index contributed by atoms with van der Waals surface area (Å²) in [7, 11) is 0. The number of amides is 1.